The molecular formula is C20H24N6O3S. The van der Waals surface area contributed by atoms with Crippen LogP contribution in [0, 0.1) is 0 Å². The Labute approximate surface area is 177 Å². The molecule has 3 heterocycles. The maximum Gasteiger partial charge on any atom is 0.262 e. The van der Waals surface area contributed by atoms with Gasteiger partial charge in [0.25, 0.3) is 5.56 Å². The third-order valence-electron chi connectivity index (χ3n) is 4.66. The maximum atomic E-state index is 13.1. The van der Waals surface area contributed by atoms with Gasteiger partial charge in [0.05, 0.1) is 16.7 Å². The van der Waals surface area contributed by atoms with E-state index >= 15 is 0 Å². The van der Waals surface area contributed by atoms with Crippen LogP contribution in [0.5, 0.6) is 0 Å². The first-order chi connectivity index (χ1) is 14.6. The highest BCUT2D eigenvalue weighted by molar-refractivity contribution is 7.98. The van der Waals surface area contributed by atoms with E-state index in [2.05, 4.69) is 20.3 Å². The highest BCUT2D eigenvalue weighted by Gasteiger charge is 2.18. The number of benzene rings is 1. The van der Waals surface area contributed by atoms with Gasteiger partial charge in [0.2, 0.25) is 11.7 Å². The second-order valence-electron chi connectivity index (χ2n) is 7.13. The number of thioether (sulfide) groups is 1. The number of fused-ring (bicyclic) bond motifs is 3. The molecule has 0 saturated carbocycles. The van der Waals surface area contributed by atoms with Gasteiger partial charge >= 0.3 is 0 Å². The molecule has 1 aromatic carbocycles. The predicted molar refractivity (Wildman–Crippen MR) is 114 cm³/mol. The van der Waals surface area contributed by atoms with E-state index in [1.165, 1.54) is 11.8 Å². The van der Waals surface area contributed by atoms with E-state index in [-0.39, 0.29) is 11.5 Å². The van der Waals surface area contributed by atoms with Gasteiger partial charge in [0, 0.05) is 25.7 Å². The Morgan fingerprint density at radius 1 is 1.23 bits per heavy atom. The number of ether oxygens (including phenoxy) is 1. The van der Waals surface area contributed by atoms with E-state index in [0.717, 1.165) is 11.9 Å². The van der Waals surface area contributed by atoms with E-state index in [1.807, 2.05) is 49.4 Å². The molecule has 0 atom stereocenters. The molecule has 0 bridgehead atoms. The minimum atomic E-state index is -0.0710. The van der Waals surface area contributed by atoms with Crippen molar-refractivity contribution < 1.29 is 9.26 Å². The van der Waals surface area contributed by atoms with Gasteiger partial charge in [-0.2, -0.15) is 4.98 Å². The SMILES string of the molecule is CCOCCCn1c(=O)c2ccccc2n2c(SCc3noc(C(C)C)n3)nnc12. The van der Waals surface area contributed by atoms with Crippen molar-refractivity contribution in [3.8, 4) is 0 Å². The van der Waals surface area contributed by atoms with Gasteiger partial charge in [0.15, 0.2) is 11.0 Å². The summed E-state index contributed by atoms with van der Waals surface area (Å²) in [6, 6.07) is 7.51. The first-order valence-corrected chi connectivity index (χ1v) is 11.0. The van der Waals surface area contributed by atoms with Crippen LogP contribution in [-0.2, 0) is 17.0 Å². The molecule has 10 heteroatoms. The van der Waals surface area contributed by atoms with E-state index in [9.17, 15) is 4.79 Å². The Balaban J connectivity index is 1.70. The van der Waals surface area contributed by atoms with Gasteiger partial charge in [-0.05, 0) is 25.5 Å². The molecular weight excluding hydrogens is 404 g/mol. The largest absolute Gasteiger partial charge is 0.382 e. The maximum absolute atomic E-state index is 13.1. The molecule has 0 N–H and O–H groups in total. The lowest BCUT2D eigenvalue weighted by atomic mass is 10.2. The van der Waals surface area contributed by atoms with Crippen LogP contribution in [0.2, 0.25) is 0 Å². The van der Waals surface area contributed by atoms with Crippen molar-refractivity contribution in [3.63, 3.8) is 0 Å². The molecule has 4 aromatic rings. The Hall–Kier alpha value is -2.72. The summed E-state index contributed by atoms with van der Waals surface area (Å²) in [6.45, 7) is 7.73. The predicted octanol–water partition coefficient (Wildman–Crippen LogP) is 3.27. The molecule has 0 aliphatic rings. The highest BCUT2D eigenvalue weighted by atomic mass is 32.2. The van der Waals surface area contributed by atoms with Crippen LogP contribution in [0.1, 0.15) is 44.8 Å². The average Bonchev–Trinajstić information content (AvgIpc) is 3.39. The first-order valence-electron chi connectivity index (χ1n) is 9.99. The van der Waals surface area contributed by atoms with Gasteiger partial charge in [0.1, 0.15) is 0 Å². The zero-order valence-corrected chi connectivity index (χ0v) is 18.1. The fraction of sp³-hybridized carbons (Fsp3) is 0.450. The van der Waals surface area contributed by atoms with E-state index in [0.29, 0.717) is 53.5 Å². The number of hydrogen-bond donors (Lipinski definition) is 0. The highest BCUT2D eigenvalue weighted by Crippen LogP contribution is 2.24. The summed E-state index contributed by atoms with van der Waals surface area (Å²) in [6.07, 6.45) is 0.720. The molecule has 158 valence electrons. The monoisotopic (exact) mass is 428 g/mol. The summed E-state index contributed by atoms with van der Waals surface area (Å²) in [4.78, 5) is 17.5. The lowest BCUT2D eigenvalue weighted by Gasteiger charge is -2.11. The normalized spacial score (nSPS) is 11.9. The lowest BCUT2D eigenvalue weighted by Crippen LogP contribution is -2.24. The quantitative estimate of drug-likeness (QED) is 0.296. The summed E-state index contributed by atoms with van der Waals surface area (Å²) in [5.41, 5.74) is 0.709. The number of hydrogen-bond acceptors (Lipinski definition) is 8. The Morgan fingerprint density at radius 2 is 2.07 bits per heavy atom. The molecule has 4 rings (SSSR count). The molecule has 0 spiro atoms. The third kappa shape index (κ3) is 3.97. The molecule has 0 fully saturated rings. The Kier molecular flexibility index (Phi) is 6.14. The fourth-order valence-corrected chi connectivity index (χ4v) is 3.97. The smallest absolute Gasteiger partial charge is 0.262 e. The molecule has 0 aliphatic carbocycles. The van der Waals surface area contributed by atoms with E-state index in [1.54, 1.807) is 4.57 Å². The van der Waals surface area contributed by atoms with Crippen molar-refractivity contribution in [2.24, 2.45) is 0 Å². The molecule has 0 unspecified atom stereocenters. The van der Waals surface area contributed by atoms with Crippen molar-refractivity contribution in [1.82, 2.24) is 29.3 Å². The van der Waals surface area contributed by atoms with Crippen LogP contribution >= 0.6 is 11.8 Å². The zero-order chi connectivity index (χ0) is 21.1. The lowest BCUT2D eigenvalue weighted by molar-refractivity contribution is 0.141. The fourth-order valence-electron chi connectivity index (χ4n) is 3.19. The third-order valence-corrected chi connectivity index (χ3v) is 5.59. The molecule has 0 saturated heterocycles. The summed E-state index contributed by atoms with van der Waals surface area (Å²) in [5.74, 6) is 2.42. The number of para-hydroxylation sites is 1. The summed E-state index contributed by atoms with van der Waals surface area (Å²) in [7, 11) is 0. The Bertz CT molecular complexity index is 1210. The van der Waals surface area contributed by atoms with Gasteiger partial charge in [-0.25, -0.2) is 0 Å². The van der Waals surface area contributed by atoms with Gasteiger partial charge in [-0.3, -0.25) is 13.8 Å². The molecule has 3 aromatic heterocycles. The number of rotatable bonds is 9. The van der Waals surface area contributed by atoms with Crippen LogP contribution < -0.4 is 5.56 Å². The molecule has 0 radical (unpaired) electrons. The van der Waals surface area contributed by atoms with Gasteiger partial charge in [-0.1, -0.05) is 42.9 Å². The standard InChI is InChI=1S/C20H24N6O3S/c1-4-28-11-7-10-25-18(27)14-8-5-6-9-15(14)26-19(25)22-23-20(26)30-12-16-21-17(13(2)3)29-24-16/h5-6,8-9,13H,4,7,10-12H2,1-3H3. The summed E-state index contributed by atoms with van der Waals surface area (Å²) in [5, 5.41) is 14.0. The van der Waals surface area contributed by atoms with E-state index in [4.69, 9.17) is 9.26 Å². The Morgan fingerprint density at radius 3 is 2.83 bits per heavy atom. The van der Waals surface area contributed by atoms with E-state index < -0.39 is 0 Å². The topological polar surface area (TPSA) is 100 Å². The van der Waals surface area contributed by atoms with Crippen molar-refractivity contribution in [2.45, 2.75) is 50.6 Å². The van der Waals surface area contributed by atoms with Crippen LogP contribution in [-0.4, -0.2) is 42.5 Å². The number of aromatic nitrogens is 6. The molecule has 30 heavy (non-hydrogen) atoms. The minimum Gasteiger partial charge on any atom is -0.382 e. The number of aryl methyl sites for hydroxylation is 1. The number of nitrogens with zero attached hydrogens (tertiary/aromatic N) is 6. The van der Waals surface area contributed by atoms with Gasteiger partial charge in [-0.15, -0.1) is 10.2 Å². The van der Waals surface area contributed by atoms with Crippen molar-refractivity contribution in [1.29, 1.82) is 0 Å². The second-order valence-corrected chi connectivity index (χ2v) is 8.08. The summed E-state index contributed by atoms with van der Waals surface area (Å²) >= 11 is 1.46. The molecule has 0 amide bonds. The molecule has 9 nitrogen and oxygen atoms in total. The first kappa shape index (κ1) is 20.5. The average molecular weight is 429 g/mol. The van der Waals surface area contributed by atoms with Crippen LogP contribution in [0.3, 0.4) is 0 Å². The van der Waals surface area contributed by atoms with Crippen molar-refractivity contribution in [2.75, 3.05) is 13.2 Å². The van der Waals surface area contributed by atoms with Gasteiger partial charge < -0.3 is 9.26 Å². The molecule has 0 aliphatic heterocycles. The minimum absolute atomic E-state index is 0.0710. The van der Waals surface area contributed by atoms with Crippen LogP contribution in [0.4, 0.5) is 0 Å². The second kappa shape index (κ2) is 8.97. The zero-order valence-electron chi connectivity index (χ0n) is 17.2. The summed E-state index contributed by atoms with van der Waals surface area (Å²) < 4.78 is 14.3. The van der Waals surface area contributed by atoms with Crippen molar-refractivity contribution >= 4 is 28.4 Å². The van der Waals surface area contributed by atoms with Crippen LogP contribution in [0.25, 0.3) is 16.7 Å². The van der Waals surface area contributed by atoms with Crippen molar-refractivity contribution in [3.05, 3.63) is 46.3 Å². The van der Waals surface area contributed by atoms with Crippen LogP contribution in [0.15, 0.2) is 38.7 Å².